The molecule has 5 heteroatoms. The summed E-state index contributed by atoms with van der Waals surface area (Å²) in [7, 11) is -3.51. The van der Waals surface area contributed by atoms with Gasteiger partial charge in [-0.1, -0.05) is 58.4 Å². The standard InChI is InChI=1S/C17H14BrNO2S/c18-15-8-10-16(11-9-15)22(20,21)19-12-14-6-3-5-13-4-1-2-7-17(13)14/h1-11,19H,12H2. The predicted octanol–water partition coefficient (Wildman–Crippen LogP) is 4.08. The van der Waals surface area contributed by atoms with Crippen molar-refractivity contribution in [3.8, 4) is 0 Å². The van der Waals surface area contributed by atoms with Gasteiger partial charge in [0.1, 0.15) is 0 Å². The number of fused-ring (bicyclic) bond motifs is 1. The smallest absolute Gasteiger partial charge is 0.207 e. The highest BCUT2D eigenvalue weighted by Gasteiger charge is 2.13. The molecule has 3 rings (SSSR count). The van der Waals surface area contributed by atoms with Crippen LogP contribution in [0.3, 0.4) is 0 Å². The minimum Gasteiger partial charge on any atom is -0.207 e. The number of benzene rings is 3. The molecule has 1 N–H and O–H groups in total. The van der Waals surface area contributed by atoms with Gasteiger partial charge in [0.25, 0.3) is 0 Å². The average molecular weight is 376 g/mol. The van der Waals surface area contributed by atoms with Gasteiger partial charge in [-0.15, -0.1) is 0 Å². The summed E-state index contributed by atoms with van der Waals surface area (Å²) in [5.41, 5.74) is 0.957. The summed E-state index contributed by atoms with van der Waals surface area (Å²) in [6.07, 6.45) is 0. The maximum Gasteiger partial charge on any atom is 0.240 e. The topological polar surface area (TPSA) is 46.2 Å². The summed E-state index contributed by atoms with van der Waals surface area (Å²) in [5.74, 6) is 0. The Labute approximate surface area is 138 Å². The molecule has 0 aliphatic carbocycles. The molecular weight excluding hydrogens is 362 g/mol. The number of hydrogen-bond donors (Lipinski definition) is 1. The number of halogens is 1. The Balaban J connectivity index is 1.86. The van der Waals surface area contributed by atoms with Crippen LogP contribution in [-0.2, 0) is 16.6 Å². The second-order valence-corrected chi connectivity index (χ2v) is 7.60. The third-order valence-corrected chi connectivity index (χ3v) is 5.40. The zero-order chi connectivity index (χ0) is 15.6. The maximum atomic E-state index is 12.3. The Bertz CT molecular complexity index is 900. The van der Waals surface area contributed by atoms with Crippen LogP contribution in [0.25, 0.3) is 10.8 Å². The van der Waals surface area contributed by atoms with Crippen molar-refractivity contribution < 1.29 is 8.42 Å². The average Bonchev–Trinajstić information content (AvgIpc) is 2.53. The van der Waals surface area contributed by atoms with E-state index in [1.54, 1.807) is 24.3 Å². The van der Waals surface area contributed by atoms with E-state index in [4.69, 9.17) is 0 Å². The third-order valence-electron chi connectivity index (χ3n) is 3.46. The normalized spacial score (nSPS) is 11.7. The largest absolute Gasteiger partial charge is 0.240 e. The molecule has 0 aliphatic rings. The van der Waals surface area contributed by atoms with Crippen molar-refractivity contribution >= 4 is 36.7 Å². The van der Waals surface area contributed by atoms with Crippen molar-refractivity contribution in [3.05, 3.63) is 76.8 Å². The van der Waals surface area contributed by atoms with Crippen LogP contribution in [-0.4, -0.2) is 8.42 Å². The Morgan fingerprint density at radius 1 is 0.864 bits per heavy atom. The van der Waals surface area contributed by atoms with Crippen LogP contribution in [0.4, 0.5) is 0 Å². The molecule has 0 aliphatic heterocycles. The molecule has 0 radical (unpaired) electrons. The highest BCUT2D eigenvalue weighted by atomic mass is 79.9. The van der Waals surface area contributed by atoms with Crippen molar-refractivity contribution in [2.45, 2.75) is 11.4 Å². The molecule has 3 aromatic rings. The Morgan fingerprint density at radius 3 is 2.32 bits per heavy atom. The molecule has 0 unspecified atom stereocenters. The maximum absolute atomic E-state index is 12.3. The molecule has 0 bridgehead atoms. The fraction of sp³-hybridized carbons (Fsp3) is 0.0588. The van der Waals surface area contributed by atoms with Crippen LogP contribution in [0.2, 0.25) is 0 Å². The molecule has 3 aromatic carbocycles. The van der Waals surface area contributed by atoms with Gasteiger partial charge in [-0.3, -0.25) is 0 Å². The Kier molecular flexibility index (Phi) is 4.29. The van der Waals surface area contributed by atoms with Crippen LogP contribution in [0.15, 0.2) is 76.1 Å². The van der Waals surface area contributed by atoms with Gasteiger partial charge < -0.3 is 0 Å². The van der Waals surface area contributed by atoms with E-state index in [1.165, 1.54) is 0 Å². The summed E-state index contributed by atoms with van der Waals surface area (Å²) >= 11 is 3.30. The van der Waals surface area contributed by atoms with Crippen molar-refractivity contribution in [1.82, 2.24) is 4.72 Å². The first-order chi connectivity index (χ1) is 10.6. The van der Waals surface area contributed by atoms with E-state index in [0.29, 0.717) is 0 Å². The van der Waals surface area contributed by atoms with Gasteiger partial charge in [0.05, 0.1) is 4.90 Å². The molecule has 0 saturated carbocycles. The molecule has 112 valence electrons. The third kappa shape index (κ3) is 3.21. The van der Waals surface area contributed by atoms with E-state index in [1.807, 2.05) is 42.5 Å². The monoisotopic (exact) mass is 375 g/mol. The van der Waals surface area contributed by atoms with Gasteiger partial charge in [-0.2, -0.15) is 0 Å². The molecule has 0 saturated heterocycles. The fourth-order valence-electron chi connectivity index (χ4n) is 2.32. The van der Waals surface area contributed by atoms with E-state index in [2.05, 4.69) is 20.7 Å². The summed E-state index contributed by atoms with van der Waals surface area (Å²) in [5, 5.41) is 2.16. The van der Waals surface area contributed by atoms with Crippen LogP contribution in [0, 0.1) is 0 Å². The number of rotatable bonds is 4. The molecular formula is C17H14BrNO2S. The fourth-order valence-corrected chi connectivity index (χ4v) is 3.59. The molecule has 0 heterocycles. The first kappa shape index (κ1) is 15.2. The van der Waals surface area contributed by atoms with E-state index >= 15 is 0 Å². The lowest BCUT2D eigenvalue weighted by molar-refractivity contribution is 0.581. The van der Waals surface area contributed by atoms with Crippen molar-refractivity contribution in [2.24, 2.45) is 0 Å². The van der Waals surface area contributed by atoms with Gasteiger partial charge in [0.15, 0.2) is 0 Å². The van der Waals surface area contributed by atoms with E-state index in [0.717, 1.165) is 20.8 Å². The van der Waals surface area contributed by atoms with Crippen molar-refractivity contribution in [2.75, 3.05) is 0 Å². The second-order valence-electron chi connectivity index (χ2n) is 4.92. The SMILES string of the molecule is O=S(=O)(NCc1cccc2ccccc12)c1ccc(Br)cc1. The summed E-state index contributed by atoms with van der Waals surface area (Å²) in [6.45, 7) is 0.264. The van der Waals surface area contributed by atoms with Crippen LogP contribution >= 0.6 is 15.9 Å². The van der Waals surface area contributed by atoms with E-state index < -0.39 is 10.0 Å². The molecule has 0 fully saturated rings. The lowest BCUT2D eigenvalue weighted by Gasteiger charge is -2.09. The summed E-state index contributed by atoms with van der Waals surface area (Å²) < 4.78 is 28.2. The van der Waals surface area contributed by atoms with Gasteiger partial charge in [0, 0.05) is 11.0 Å². The lowest BCUT2D eigenvalue weighted by atomic mass is 10.1. The molecule has 3 nitrogen and oxygen atoms in total. The number of hydrogen-bond acceptors (Lipinski definition) is 2. The minimum atomic E-state index is -3.51. The van der Waals surface area contributed by atoms with E-state index in [-0.39, 0.29) is 11.4 Å². The van der Waals surface area contributed by atoms with Gasteiger partial charge in [0.2, 0.25) is 10.0 Å². The van der Waals surface area contributed by atoms with Crippen molar-refractivity contribution in [1.29, 1.82) is 0 Å². The predicted molar refractivity (Wildman–Crippen MR) is 92.1 cm³/mol. The van der Waals surface area contributed by atoms with Crippen LogP contribution < -0.4 is 4.72 Å². The van der Waals surface area contributed by atoms with Gasteiger partial charge in [-0.05, 0) is 40.6 Å². The number of nitrogens with one attached hydrogen (secondary N) is 1. The molecule has 0 atom stereocenters. The van der Waals surface area contributed by atoms with Gasteiger partial charge in [-0.25, -0.2) is 13.1 Å². The molecule has 0 amide bonds. The quantitative estimate of drug-likeness (QED) is 0.746. The van der Waals surface area contributed by atoms with Crippen molar-refractivity contribution in [3.63, 3.8) is 0 Å². The minimum absolute atomic E-state index is 0.260. The zero-order valence-corrected chi connectivity index (χ0v) is 14.1. The van der Waals surface area contributed by atoms with Gasteiger partial charge >= 0.3 is 0 Å². The Morgan fingerprint density at radius 2 is 1.55 bits per heavy atom. The van der Waals surface area contributed by atoms with E-state index in [9.17, 15) is 8.42 Å². The first-order valence-electron chi connectivity index (χ1n) is 6.78. The molecule has 0 spiro atoms. The number of sulfonamides is 1. The summed E-state index contributed by atoms with van der Waals surface area (Å²) in [4.78, 5) is 0.260. The van der Waals surface area contributed by atoms with Crippen LogP contribution in [0.5, 0.6) is 0 Å². The molecule has 22 heavy (non-hydrogen) atoms. The first-order valence-corrected chi connectivity index (χ1v) is 9.06. The molecule has 0 aromatic heterocycles. The lowest BCUT2D eigenvalue weighted by Crippen LogP contribution is -2.23. The zero-order valence-electron chi connectivity index (χ0n) is 11.7. The van der Waals surface area contributed by atoms with Crippen LogP contribution in [0.1, 0.15) is 5.56 Å². The summed E-state index contributed by atoms with van der Waals surface area (Å²) in [6, 6.07) is 20.4. The Hall–Kier alpha value is -1.69. The highest BCUT2D eigenvalue weighted by Crippen LogP contribution is 2.19. The highest BCUT2D eigenvalue weighted by molar-refractivity contribution is 9.10. The second kappa shape index (κ2) is 6.20.